The molecule has 2 rings (SSSR count). The van der Waals surface area contributed by atoms with Crippen molar-refractivity contribution in [2.24, 2.45) is 0 Å². The third-order valence-corrected chi connectivity index (χ3v) is 3.04. The predicted octanol–water partition coefficient (Wildman–Crippen LogP) is 1.44. The molecule has 1 aliphatic heterocycles. The van der Waals surface area contributed by atoms with Crippen molar-refractivity contribution in [2.75, 3.05) is 13.2 Å². The van der Waals surface area contributed by atoms with E-state index in [9.17, 15) is 9.90 Å². The van der Waals surface area contributed by atoms with Gasteiger partial charge in [0.05, 0.1) is 17.2 Å². The molecule has 5 heteroatoms. The Bertz CT molecular complexity index is 448. The number of carbonyl (C=O) groups is 1. The Balaban J connectivity index is 2.38. The number of halogens is 1. The molecule has 1 aromatic carbocycles. The maximum Gasteiger partial charge on any atom is 0.253 e. The molecule has 92 valence electrons. The fraction of sp³-hybridized carbons (Fsp3) is 0.417. The van der Waals surface area contributed by atoms with E-state index in [1.165, 1.54) is 0 Å². The van der Waals surface area contributed by atoms with E-state index in [0.717, 1.165) is 12.0 Å². The predicted molar refractivity (Wildman–Crippen MR) is 64.3 cm³/mol. The first-order valence-corrected chi connectivity index (χ1v) is 5.92. The van der Waals surface area contributed by atoms with Gasteiger partial charge in [0.25, 0.3) is 5.91 Å². The fourth-order valence-electron chi connectivity index (χ4n) is 1.91. The lowest BCUT2D eigenvalue weighted by Gasteiger charge is -2.15. The number of hydrogen-bond acceptors (Lipinski definition) is 3. The van der Waals surface area contributed by atoms with Crippen molar-refractivity contribution < 1.29 is 14.6 Å². The van der Waals surface area contributed by atoms with Crippen molar-refractivity contribution in [3.05, 3.63) is 28.3 Å². The Morgan fingerprint density at radius 3 is 3.12 bits per heavy atom. The van der Waals surface area contributed by atoms with E-state index in [0.29, 0.717) is 29.5 Å². The summed E-state index contributed by atoms with van der Waals surface area (Å²) in [6.07, 6.45) is -0.503. The van der Waals surface area contributed by atoms with E-state index in [1.54, 1.807) is 13.0 Å². The summed E-state index contributed by atoms with van der Waals surface area (Å²) in [7, 11) is 0. The van der Waals surface area contributed by atoms with E-state index in [2.05, 4.69) is 5.32 Å². The SMILES string of the molecule is CCNC(=O)C(O)c1c(Cl)ccc2c1OCC2. The lowest BCUT2D eigenvalue weighted by atomic mass is 10.0. The van der Waals surface area contributed by atoms with Crippen molar-refractivity contribution in [3.8, 4) is 5.75 Å². The van der Waals surface area contributed by atoms with Gasteiger partial charge >= 0.3 is 0 Å². The molecular weight excluding hydrogens is 242 g/mol. The number of carbonyl (C=O) groups excluding carboxylic acids is 1. The standard InChI is InChI=1S/C12H14ClNO3/c1-2-14-12(16)10(15)9-8(13)4-3-7-5-6-17-11(7)9/h3-4,10,15H,2,5-6H2,1H3,(H,14,16). The summed E-state index contributed by atoms with van der Waals surface area (Å²) in [6, 6.07) is 3.55. The quantitative estimate of drug-likeness (QED) is 0.859. The summed E-state index contributed by atoms with van der Waals surface area (Å²) in [4.78, 5) is 11.6. The highest BCUT2D eigenvalue weighted by molar-refractivity contribution is 6.32. The largest absolute Gasteiger partial charge is 0.492 e. The van der Waals surface area contributed by atoms with Gasteiger partial charge in [-0.25, -0.2) is 0 Å². The van der Waals surface area contributed by atoms with Crippen molar-refractivity contribution in [3.63, 3.8) is 0 Å². The smallest absolute Gasteiger partial charge is 0.253 e. The Kier molecular flexibility index (Phi) is 3.54. The van der Waals surface area contributed by atoms with Crippen LogP contribution in [-0.2, 0) is 11.2 Å². The zero-order valence-corrected chi connectivity index (χ0v) is 10.3. The molecule has 1 aromatic rings. The molecule has 4 nitrogen and oxygen atoms in total. The van der Waals surface area contributed by atoms with Gasteiger partial charge in [0.15, 0.2) is 6.10 Å². The molecule has 0 aromatic heterocycles. The van der Waals surface area contributed by atoms with Gasteiger partial charge in [-0.3, -0.25) is 4.79 Å². The topological polar surface area (TPSA) is 58.6 Å². The lowest BCUT2D eigenvalue weighted by Crippen LogP contribution is -2.29. The molecule has 0 saturated carbocycles. The van der Waals surface area contributed by atoms with Gasteiger partial charge in [0.2, 0.25) is 0 Å². The minimum atomic E-state index is -1.28. The molecule has 0 spiro atoms. The highest BCUT2D eigenvalue weighted by Crippen LogP contribution is 2.38. The van der Waals surface area contributed by atoms with E-state index < -0.39 is 12.0 Å². The zero-order valence-electron chi connectivity index (χ0n) is 9.50. The van der Waals surface area contributed by atoms with E-state index in [1.807, 2.05) is 6.07 Å². The number of hydrogen-bond donors (Lipinski definition) is 2. The van der Waals surface area contributed by atoms with Crippen LogP contribution in [0.1, 0.15) is 24.2 Å². The van der Waals surface area contributed by atoms with E-state index in [-0.39, 0.29) is 0 Å². The van der Waals surface area contributed by atoms with Crippen LogP contribution < -0.4 is 10.1 Å². The normalized spacial score (nSPS) is 15.0. The fourth-order valence-corrected chi connectivity index (χ4v) is 2.16. The van der Waals surface area contributed by atoms with Crippen LogP contribution in [0, 0.1) is 0 Å². The highest BCUT2D eigenvalue weighted by atomic mass is 35.5. The molecule has 0 aliphatic carbocycles. The Morgan fingerprint density at radius 2 is 2.41 bits per heavy atom. The van der Waals surface area contributed by atoms with Crippen molar-refractivity contribution in [1.82, 2.24) is 5.32 Å². The third-order valence-electron chi connectivity index (χ3n) is 2.72. The Morgan fingerprint density at radius 1 is 1.65 bits per heavy atom. The molecule has 1 heterocycles. The summed E-state index contributed by atoms with van der Waals surface area (Å²) in [5.74, 6) is 0.0922. The van der Waals surface area contributed by atoms with Gasteiger partial charge < -0.3 is 15.2 Å². The zero-order chi connectivity index (χ0) is 12.4. The molecule has 1 aliphatic rings. The molecule has 0 fully saturated rings. The first kappa shape index (κ1) is 12.2. The van der Waals surface area contributed by atoms with Gasteiger partial charge in [-0.15, -0.1) is 0 Å². The van der Waals surface area contributed by atoms with Gasteiger partial charge in [-0.1, -0.05) is 17.7 Å². The number of fused-ring (bicyclic) bond motifs is 1. The maximum absolute atomic E-state index is 11.6. The number of aliphatic hydroxyl groups excluding tert-OH is 1. The van der Waals surface area contributed by atoms with Crippen LogP contribution in [0.25, 0.3) is 0 Å². The minimum Gasteiger partial charge on any atom is -0.492 e. The average Bonchev–Trinajstić information content (AvgIpc) is 2.76. The number of aliphatic hydroxyl groups is 1. The number of ether oxygens (including phenoxy) is 1. The molecule has 1 unspecified atom stereocenters. The first-order chi connectivity index (χ1) is 8.15. The lowest BCUT2D eigenvalue weighted by molar-refractivity contribution is -0.129. The molecule has 0 saturated heterocycles. The number of benzene rings is 1. The van der Waals surface area contributed by atoms with Gasteiger partial charge in [0.1, 0.15) is 5.75 Å². The highest BCUT2D eigenvalue weighted by Gasteiger charge is 2.27. The third kappa shape index (κ3) is 2.23. The summed E-state index contributed by atoms with van der Waals surface area (Å²) in [5, 5.41) is 12.9. The number of nitrogens with one attached hydrogen (secondary N) is 1. The van der Waals surface area contributed by atoms with Crippen LogP contribution in [0.3, 0.4) is 0 Å². The number of amides is 1. The van der Waals surface area contributed by atoms with Crippen molar-refractivity contribution in [2.45, 2.75) is 19.4 Å². The summed E-state index contributed by atoms with van der Waals surface area (Å²) < 4.78 is 5.44. The molecule has 2 N–H and O–H groups in total. The maximum atomic E-state index is 11.6. The van der Waals surface area contributed by atoms with Gasteiger partial charge in [-0.2, -0.15) is 0 Å². The molecular formula is C12H14ClNO3. The summed E-state index contributed by atoms with van der Waals surface area (Å²) in [6.45, 7) is 2.81. The molecule has 0 radical (unpaired) electrons. The Hall–Kier alpha value is -1.26. The van der Waals surface area contributed by atoms with Gasteiger partial charge in [0, 0.05) is 13.0 Å². The molecule has 1 amide bonds. The molecule has 0 bridgehead atoms. The first-order valence-electron chi connectivity index (χ1n) is 5.55. The van der Waals surface area contributed by atoms with Crippen LogP contribution in [0.4, 0.5) is 0 Å². The second-order valence-corrected chi connectivity index (χ2v) is 4.25. The minimum absolute atomic E-state index is 0.351. The van der Waals surface area contributed by atoms with Gasteiger partial charge in [-0.05, 0) is 18.6 Å². The number of rotatable bonds is 3. The second-order valence-electron chi connectivity index (χ2n) is 3.84. The van der Waals surface area contributed by atoms with Crippen LogP contribution >= 0.6 is 11.6 Å². The van der Waals surface area contributed by atoms with Crippen molar-refractivity contribution >= 4 is 17.5 Å². The van der Waals surface area contributed by atoms with E-state index >= 15 is 0 Å². The van der Waals surface area contributed by atoms with Crippen molar-refractivity contribution in [1.29, 1.82) is 0 Å². The Labute approximate surface area is 105 Å². The van der Waals surface area contributed by atoms with E-state index in [4.69, 9.17) is 16.3 Å². The molecule has 1 atom stereocenters. The van der Waals surface area contributed by atoms with Crippen LogP contribution in [0.2, 0.25) is 5.02 Å². The van der Waals surface area contributed by atoms with Crippen LogP contribution in [-0.4, -0.2) is 24.2 Å². The summed E-state index contributed by atoms with van der Waals surface area (Å²) >= 11 is 6.03. The van der Waals surface area contributed by atoms with Crippen LogP contribution in [0.5, 0.6) is 5.75 Å². The average molecular weight is 256 g/mol. The summed E-state index contributed by atoms with van der Waals surface area (Å²) in [5.41, 5.74) is 1.35. The molecule has 17 heavy (non-hydrogen) atoms. The second kappa shape index (κ2) is 4.94. The van der Waals surface area contributed by atoms with Crippen LogP contribution in [0.15, 0.2) is 12.1 Å². The monoisotopic (exact) mass is 255 g/mol. The number of likely N-dealkylation sites (N-methyl/N-ethyl adjacent to an activating group) is 1.